The molecule has 0 saturated heterocycles. The van der Waals surface area contributed by atoms with E-state index in [4.69, 9.17) is 4.43 Å². The minimum atomic E-state index is -1.60. The van der Waals surface area contributed by atoms with E-state index in [-0.39, 0.29) is 12.0 Å². The van der Waals surface area contributed by atoms with Gasteiger partial charge in [-0.3, -0.25) is 4.79 Å². The highest BCUT2D eigenvalue weighted by atomic mass is 127. The summed E-state index contributed by atoms with van der Waals surface area (Å²) in [4.78, 5) is 10.5. The number of hydrogen-bond donors (Lipinski definition) is 0. The average Bonchev–Trinajstić information content (AvgIpc) is 2.39. The lowest BCUT2D eigenvalue weighted by Crippen LogP contribution is -2.34. The van der Waals surface area contributed by atoms with E-state index < -0.39 is 8.32 Å². The molecule has 0 fully saturated rings. The molecule has 0 radical (unpaired) electrons. The molecule has 0 aromatic heterocycles. The molecular weight excluding hydrogens is 391 g/mol. The van der Waals surface area contributed by atoms with Gasteiger partial charge >= 0.3 is 0 Å². The molecule has 0 unspecified atom stereocenters. The minimum absolute atomic E-state index is 0.145. The van der Waals surface area contributed by atoms with Gasteiger partial charge in [-0.1, -0.05) is 52.8 Å². The van der Waals surface area contributed by atoms with E-state index in [2.05, 4.69) is 73.2 Å². The summed E-state index contributed by atoms with van der Waals surface area (Å²) in [7, 11) is -1.60. The zero-order valence-corrected chi connectivity index (χ0v) is 17.3. The second kappa shape index (κ2) is 10.5. The molecule has 0 aromatic rings. The van der Waals surface area contributed by atoms with Crippen LogP contribution in [-0.4, -0.2) is 20.7 Å². The van der Waals surface area contributed by atoms with Crippen molar-refractivity contribution in [3.63, 3.8) is 0 Å². The summed E-state index contributed by atoms with van der Waals surface area (Å²) in [5.41, 5.74) is 2.75. The van der Waals surface area contributed by atoms with Gasteiger partial charge in [0.25, 0.3) is 0 Å². The van der Waals surface area contributed by atoms with Gasteiger partial charge in [0.05, 0.1) is 6.10 Å². The van der Waals surface area contributed by atoms with Crippen molar-refractivity contribution in [3.05, 3.63) is 33.5 Å². The summed E-state index contributed by atoms with van der Waals surface area (Å²) < 4.78 is 8.41. The Labute approximate surface area is 145 Å². The number of hydrogen-bond acceptors (Lipinski definition) is 2. The third-order valence-electron chi connectivity index (χ3n) is 3.03. The molecule has 0 amide bonds. The lowest BCUT2D eigenvalue weighted by Gasteiger charge is -2.29. The summed E-state index contributed by atoms with van der Waals surface area (Å²) in [6, 6.07) is 0. The summed E-state index contributed by atoms with van der Waals surface area (Å²) in [6.07, 6.45) is 8.68. The highest BCUT2D eigenvalue weighted by Crippen LogP contribution is 2.21. The van der Waals surface area contributed by atoms with Crippen LogP contribution < -0.4 is 0 Å². The smallest absolute Gasteiger partial charge is 0.184 e. The number of rotatable bonds is 9. The van der Waals surface area contributed by atoms with Crippen LogP contribution in [0.15, 0.2) is 33.5 Å². The SMILES string of the molecule is C/C(=C\I)C/C(C)=C/C[C@H](O[Si](C)(C)C)[C@@H](C)/C=C/C=O. The lowest BCUT2D eigenvalue weighted by molar-refractivity contribution is -0.104. The van der Waals surface area contributed by atoms with Crippen molar-refractivity contribution in [2.75, 3.05) is 0 Å². The van der Waals surface area contributed by atoms with Crippen LogP contribution in [0.25, 0.3) is 0 Å². The van der Waals surface area contributed by atoms with Gasteiger partial charge < -0.3 is 4.43 Å². The number of allylic oxidation sites excluding steroid dienone is 3. The first-order valence-electron chi connectivity index (χ1n) is 7.41. The molecule has 0 aliphatic rings. The molecule has 0 saturated carbocycles. The zero-order valence-electron chi connectivity index (χ0n) is 14.2. The van der Waals surface area contributed by atoms with Crippen molar-refractivity contribution in [3.8, 4) is 0 Å². The molecule has 0 N–H and O–H groups in total. The molecule has 0 rings (SSSR count). The third kappa shape index (κ3) is 11.1. The molecule has 0 aromatic carbocycles. The van der Waals surface area contributed by atoms with Crippen molar-refractivity contribution in [2.24, 2.45) is 5.92 Å². The van der Waals surface area contributed by atoms with Gasteiger partial charge in [-0.15, -0.1) is 0 Å². The third-order valence-corrected chi connectivity index (χ3v) is 5.10. The van der Waals surface area contributed by atoms with E-state index in [1.165, 1.54) is 11.1 Å². The Hall–Kier alpha value is -0.203. The van der Waals surface area contributed by atoms with E-state index in [1.807, 2.05) is 6.08 Å². The van der Waals surface area contributed by atoms with Crippen LogP contribution in [0.2, 0.25) is 19.6 Å². The lowest BCUT2D eigenvalue weighted by atomic mass is 9.99. The molecule has 0 aliphatic heterocycles. The van der Waals surface area contributed by atoms with Crippen LogP contribution in [0.5, 0.6) is 0 Å². The molecule has 21 heavy (non-hydrogen) atoms. The Morgan fingerprint density at radius 2 is 1.86 bits per heavy atom. The summed E-state index contributed by atoms with van der Waals surface area (Å²) in [6.45, 7) is 13.0. The van der Waals surface area contributed by atoms with Gasteiger partial charge in [0, 0.05) is 0 Å². The maximum atomic E-state index is 10.5. The first kappa shape index (κ1) is 20.8. The number of carbonyl (C=O) groups is 1. The van der Waals surface area contributed by atoms with Crippen molar-refractivity contribution >= 4 is 37.2 Å². The number of halogens is 1. The molecule has 0 spiro atoms. The van der Waals surface area contributed by atoms with Gasteiger partial charge in [0.2, 0.25) is 0 Å². The van der Waals surface area contributed by atoms with Crippen molar-refractivity contribution in [2.45, 2.75) is 59.4 Å². The second-order valence-corrected chi connectivity index (χ2v) is 11.7. The molecule has 0 heterocycles. The predicted octanol–water partition coefficient (Wildman–Crippen LogP) is 5.66. The van der Waals surface area contributed by atoms with Crippen molar-refractivity contribution < 1.29 is 9.22 Å². The van der Waals surface area contributed by atoms with E-state index in [1.54, 1.807) is 6.08 Å². The van der Waals surface area contributed by atoms with Gasteiger partial charge in [-0.05, 0) is 62.4 Å². The Morgan fingerprint density at radius 3 is 2.33 bits per heavy atom. The minimum Gasteiger partial charge on any atom is -0.414 e. The normalized spacial score (nSPS) is 17.1. The number of aldehydes is 1. The Kier molecular flexibility index (Phi) is 10.4. The molecular formula is C17H29IO2Si. The van der Waals surface area contributed by atoms with Crippen LogP contribution >= 0.6 is 22.6 Å². The van der Waals surface area contributed by atoms with Gasteiger partial charge in [0.15, 0.2) is 8.32 Å². The van der Waals surface area contributed by atoms with E-state index in [9.17, 15) is 4.79 Å². The summed E-state index contributed by atoms with van der Waals surface area (Å²) in [5.74, 6) is 0.243. The maximum Gasteiger partial charge on any atom is 0.184 e. The number of carbonyl (C=O) groups excluding carboxylic acids is 1. The fraction of sp³-hybridized carbons (Fsp3) is 0.588. The molecule has 120 valence electrons. The molecule has 2 nitrogen and oxygen atoms in total. The average molecular weight is 420 g/mol. The van der Waals surface area contributed by atoms with Gasteiger partial charge in [-0.2, -0.15) is 0 Å². The fourth-order valence-corrected chi connectivity index (χ4v) is 3.48. The highest BCUT2D eigenvalue weighted by Gasteiger charge is 2.23. The topological polar surface area (TPSA) is 26.3 Å². The largest absolute Gasteiger partial charge is 0.414 e. The Bertz CT molecular complexity index is 406. The van der Waals surface area contributed by atoms with E-state index in [0.717, 1.165) is 19.1 Å². The highest BCUT2D eigenvalue weighted by molar-refractivity contribution is 14.1. The predicted molar refractivity (Wildman–Crippen MR) is 103 cm³/mol. The van der Waals surface area contributed by atoms with E-state index in [0.29, 0.717) is 0 Å². The molecule has 2 atom stereocenters. The Morgan fingerprint density at radius 1 is 1.24 bits per heavy atom. The van der Waals surface area contributed by atoms with Gasteiger partial charge in [0.1, 0.15) is 6.29 Å². The fourth-order valence-electron chi connectivity index (χ4n) is 2.04. The quantitative estimate of drug-likeness (QED) is 0.158. The Balaban J connectivity index is 4.85. The van der Waals surface area contributed by atoms with Crippen molar-refractivity contribution in [1.29, 1.82) is 0 Å². The first-order valence-corrected chi connectivity index (χ1v) is 12.1. The molecule has 0 bridgehead atoms. The van der Waals surface area contributed by atoms with Crippen LogP contribution in [0, 0.1) is 5.92 Å². The maximum absolute atomic E-state index is 10.5. The second-order valence-electron chi connectivity index (χ2n) is 6.57. The van der Waals surface area contributed by atoms with E-state index >= 15 is 0 Å². The summed E-state index contributed by atoms with van der Waals surface area (Å²) >= 11 is 2.28. The molecule has 4 heteroatoms. The zero-order chi connectivity index (χ0) is 16.5. The van der Waals surface area contributed by atoms with Crippen LogP contribution in [0.4, 0.5) is 0 Å². The van der Waals surface area contributed by atoms with Gasteiger partial charge in [-0.25, -0.2) is 0 Å². The monoisotopic (exact) mass is 420 g/mol. The van der Waals surface area contributed by atoms with Crippen LogP contribution in [-0.2, 0) is 9.22 Å². The first-order chi connectivity index (χ1) is 9.69. The van der Waals surface area contributed by atoms with Crippen LogP contribution in [0.3, 0.4) is 0 Å². The standard InChI is InChI=1S/C17H29IO2Si/c1-14(12-15(2)13-18)9-10-17(20-21(4,5)6)16(3)8-7-11-19/h7-9,11,13,16-17H,10,12H2,1-6H3/b8-7+,14-9+,15-13+/t16-,17-/m0/s1. The summed E-state index contributed by atoms with van der Waals surface area (Å²) in [5, 5.41) is 0. The van der Waals surface area contributed by atoms with Crippen LogP contribution in [0.1, 0.15) is 33.6 Å². The molecule has 0 aliphatic carbocycles. The van der Waals surface area contributed by atoms with Crippen molar-refractivity contribution in [1.82, 2.24) is 0 Å².